The average Bonchev–Trinajstić information content (AvgIpc) is 3.19. The molecule has 3 rings (SSSR count). The van der Waals surface area contributed by atoms with Crippen molar-refractivity contribution in [2.75, 3.05) is 39.3 Å². The summed E-state index contributed by atoms with van der Waals surface area (Å²) in [5, 5.41) is 14.7. The quantitative estimate of drug-likeness (QED) is 0.435. The molecule has 1 aliphatic rings. The number of methoxy groups -OCH3 is 3. The average molecular weight is 478 g/mol. The molecule has 1 atom stereocenters. The lowest BCUT2D eigenvalue weighted by atomic mass is 10.1. The summed E-state index contributed by atoms with van der Waals surface area (Å²) in [6.07, 6.45) is 0.243. The van der Waals surface area contributed by atoms with Crippen LogP contribution in [0.15, 0.2) is 30.3 Å². The number of nitro benzene ring substituents is 1. The number of nitrogens with one attached hydrogen (secondary N) is 1. The first-order valence-corrected chi connectivity index (χ1v) is 10.5. The van der Waals surface area contributed by atoms with Gasteiger partial charge in [-0.25, -0.2) is 0 Å². The highest BCUT2D eigenvalue weighted by Gasteiger charge is 2.36. The Labute approximate surface area is 195 Å². The normalized spacial score (nSPS) is 15.3. The van der Waals surface area contributed by atoms with Crippen LogP contribution in [0.4, 0.5) is 11.4 Å². The first-order valence-electron chi connectivity index (χ1n) is 10.1. The maximum absolute atomic E-state index is 12.7. The van der Waals surface area contributed by atoms with Gasteiger partial charge in [0.05, 0.1) is 43.9 Å². The number of carbonyl (C=O) groups is 2. The minimum absolute atomic E-state index is 0.0397. The van der Waals surface area contributed by atoms with E-state index in [2.05, 4.69) is 5.32 Å². The molecule has 0 spiro atoms. The second-order valence-corrected chi connectivity index (χ2v) is 7.79. The van der Waals surface area contributed by atoms with Crippen molar-refractivity contribution in [3.63, 3.8) is 0 Å². The molecule has 11 heteroatoms. The number of anilines is 1. The topological polar surface area (TPSA) is 120 Å². The maximum atomic E-state index is 12.7. The summed E-state index contributed by atoms with van der Waals surface area (Å²) >= 11 is 6.06. The van der Waals surface area contributed by atoms with Crippen molar-refractivity contribution in [3.05, 3.63) is 51.0 Å². The molecule has 2 aromatic rings. The number of halogens is 1. The number of rotatable bonds is 9. The molecule has 176 valence electrons. The third kappa shape index (κ3) is 5.28. The molecule has 1 N–H and O–H groups in total. The fraction of sp³-hybridized carbons (Fsp3) is 0.364. The van der Waals surface area contributed by atoms with E-state index in [9.17, 15) is 19.7 Å². The minimum Gasteiger partial charge on any atom is -0.495 e. The largest absolute Gasteiger partial charge is 0.495 e. The molecule has 1 aliphatic heterocycles. The second kappa shape index (κ2) is 10.4. The van der Waals surface area contributed by atoms with Crippen molar-refractivity contribution in [1.82, 2.24) is 5.32 Å². The molecular formula is C22H24ClN3O7. The highest BCUT2D eigenvalue weighted by atomic mass is 35.5. The Morgan fingerprint density at radius 2 is 1.82 bits per heavy atom. The minimum atomic E-state index is -0.568. The first kappa shape index (κ1) is 24.1. The van der Waals surface area contributed by atoms with Crippen LogP contribution in [0.1, 0.15) is 12.0 Å². The van der Waals surface area contributed by atoms with Crippen LogP contribution >= 0.6 is 11.6 Å². The summed E-state index contributed by atoms with van der Waals surface area (Å²) in [6, 6.07) is 7.75. The summed E-state index contributed by atoms with van der Waals surface area (Å²) in [5.74, 6) is -0.00715. The lowest BCUT2D eigenvalue weighted by Crippen LogP contribution is -2.34. The zero-order valence-electron chi connectivity index (χ0n) is 18.4. The lowest BCUT2D eigenvalue weighted by Gasteiger charge is -2.20. The molecule has 1 saturated heterocycles. The van der Waals surface area contributed by atoms with Crippen LogP contribution in [0, 0.1) is 16.0 Å². The van der Waals surface area contributed by atoms with Crippen LogP contribution in [0.5, 0.6) is 17.2 Å². The first-order chi connectivity index (χ1) is 15.8. The van der Waals surface area contributed by atoms with Gasteiger partial charge in [0, 0.05) is 30.1 Å². The third-order valence-corrected chi connectivity index (χ3v) is 5.64. The van der Waals surface area contributed by atoms with Crippen LogP contribution in [-0.4, -0.2) is 51.2 Å². The number of nitro groups is 1. The van der Waals surface area contributed by atoms with Gasteiger partial charge in [0.25, 0.3) is 5.69 Å². The zero-order valence-corrected chi connectivity index (χ0v) is 19.2. The van der Waals surface area contributed by atoms with Crippen LogP contribution in [0.3, 0.4) is 0 Å². The Kier molecular flexibility index (Phi) is 7.59. The summed E-state index contributed by atoms with van der Waals surface area (Å²) in [5.41, 5.74) is 0.772. The molecule has 2 aromatic carbocycles. The summed E-state index contributed by atoms with van der Waals surface area (Å²) in [4.78, 5) is 37.7. The van der Waals surface area contributed by atoms with E-state index in [1.54, 1.807) is 18.2 Å². The molecule has 0 bridgehead atoms. The Morgan fingerprint density at radius 1 is 1.15 bits per heavy atom. The van der Waals surface area contributed by atoms with E-state index < -0.39 is 10.8 Å². The van der Waals surface area contributed by atoms with Gasteiger partial charge >= 0.3 is 0 Å². The van der Waals surface area contributed by atoms with E-state index in [1.807, 2.05) is 0 Å². The predicted molar refractivity (Wildman–Crippen MR) is 121 cm³/mol. The Hall–Kier alpha value is -3.53. The van der Waals surface area contributed by atoms with Crippen molar-refractivity contribution in [2.24, 2.45) is 5.92 Å². The van der Waals surface area contributed by atoms with Gasteiger partial charge in [0.2, 0.25) is 11.8 Å². The van der Waals surface area contributed by atoms with Gasteiger partial charge in [-0.15, -0.1) is 0 Å². The van der Waals surface area contributed by atoms with Crippen molar-refractivity contribution < 1.29 is 28.7 Å². The highest BCUT2D eigenvalue weighted by molar-refractivity contribution is 6.31. The van der Waals surface area contributed by atoms with Crippen LogP contribution < -0.4 is 24.4 Å². The fourth-order valence-corrected chi connectivity index (χ4v) is 3.90. The monoisotopic (exact) mass is 477 g/mol. The molecule has 0 radical (unpaired) electrons. The summed E-state index contributed by atoms with van der Waals surface area (Å²) in [6.45, 7) is 0.332. The number of amides is 2. The second-order valence-electron chi connectivity index (χ2n) is 7.36. The molecule has 2 amide bonds. The lowest BCUT2D eigenvalue weighted by molar-refractivity contribution is -0.385. The van der Waals surface area contributed by atoms with Gasteiger partial charge in [0.1, 0.15) is 5.75 Å². The predicted octanol–water partition coefficient (Wildman–Crippen LogP) is 2.99. The molecule has 0 aliphatic carbocycles. The van der Waals surface area contributed by atoms with Gasteiger partial charge in [-0.1, -0.05) is 11.6 Å². The van der Waals surface area contributed by atoms with E-state index in [4.69, 9.17) is 25.8 Å². The van der Waals surface area contributed by atoms with E-state index in [1.165, 1.54) is 38.4 Å². The number of hydrogen-bond donors (Lipinski definition) is 1. The van der Waals surface area contributed by atoms with Crippen molar-refractivity contribution in [3.8, 4) is 17.2 Å². The van der Waals surface area contributed by atoms with E-state index in [0.29, 0.717) is 27.8 Å². The van der Waals surface area contributed by atoms with Gasteiger partial charge in [-0.05, 0) is 30.7 Å². The third-order valence-electron chi connectivity index (χ3n) is 5.40. The Morgan fingerprint density at radius 3 is 2.45 bits per heavy atom. The Bertz CT molecular complexity index is 1080. The van der Waals surface area contributed by atoms with Gasteiger partial charge in [-0.3, -0.25) is 19.7 Å². The number of carbonyl (C=O) groups excluding carboxylic acids is 2. The molecule has 10 nitrogen and oxygen atoms in total. The van der Waals surface area contributed by atoms with Crippen LogP contribution in [-0.2, 0) is 16.0 Å². The van der Waals surface area contributed by atoms with E-state index >= 15 is 0 Å². The highest BCUT2D eigenvalue weighted by Crippen LogP contribution is 2.36. The number of ether oxygens (including phenoxy) is 3. The molecule has 1 fully saturated rings. The molecule has 33 heavy (non-hydrogen) atoms. The van der Waals surface area contributed by atoms with E-state index in [0.717, 1.165) is 0 Å². The summed E-state index contributed by atoms with van der Waals surface area (Å²) < 4.78 is 15.6. The number of hydrogen-bond acceptors (Lipinski definition) is 7. The van der Waals surface area contributed by atoms with Crippen molar-refractivity contribution in [1.29, 1.82) is 0 Å². The SMILES string of the molecule is COc1cc(CCNC(=O)C2CC(=O)N(c3cc(Cl)ccc3OC)C2)c([N+](=O)[O-])cc1OC. The number of nitrogens with zero attached hydrogens (tertiary/aromatic N) is 2. The molecule has 1 unspecified atom stereocenters. The van der Waals surface area contributed by atoms with Gasteiger partial charge in [-0.2, -0.15) is 0 Å². The smallest absolute Gasteiger partial charge is 0.276 e. The Balaban J connectivity index is 1.66. The van der Waals surface area contributed by atoms with Crippen LogP contribution in [0.25, 0.3) is 0 Å². The standard InChI is InChI=1S/C22H24ClN3O7/c1-31-18-5-4-15(23)10-17(18)25-12-14(9-21(25)27)22(28)24-7-6-13-8-19(32-2)20(33-3)11-16(13)26(29)30/h4-5,8,10-11,14H,6-7,9,12H2,1-3H3,(H,24,28). The number of benzene rings is 2. The molecule has 1 heterocycles. The van der Waals surface area contributed by atoms with Crippen molar-refractivity contribution in [2.45, 2.75) is 12.8 Å². The van der Waals surface area contributed by atoms with Gasteiger partial charge in [0.15, 0.2) is 11.5 Å². The fourth-order valence-electron chi connectivity index (χ4n) is 3.74. The zero-order chi connectivity index (χ0) is 24.1. The maximum Gasteiger partial charge on any atom is 0.276 e. The summed E-state index contributed by atoms with van der Waals surface area (Å²) in [7, 11) is 4.32. The van der Waals surface area contributed by atoms with Crippen LogP contribution in [0.2, 0.25) is 5.02 Å². The van der Waals surface area contributed by atoms with Crippen molar-refractivity contribution >= 4 is 34.8 Å². The molecule has 0 aromatic heterocycles. The molecular weight excluding hydrogens is 454 g/mol. The molecule has 0 saturated carbocycles. The van der Waals surface area contributed by atoms with Gasteiger partial charge < -0.3 is 24.4 Å². The van der Waals surface area contributed by atoms with E-state index in [-0.39, 0.29) is 49.2 Å².